The molecule has 0 fully saturated rings. The van der Waals surface area contributed by atoms with E-state index in [9.17, 15) is 9.59 Å². The first-order chi connectivity index (χ1) is 4.13. The number of aliphatic carboxylic acids is 2. The van der Waals surface area contributed by atoms with E-state index in [1.807, 2.05) is 0 Å². The number of hydrogen-bond acceptors (Lipinski definition) is 2. The minimum Gasteiger partial charge on any atom is -0.481 e. The molecular formula is C5H8O4. The summed E-state index contributed by atoms with van der Waals surface area (Å²) in [5.74, 6) is -1.90. The van der Waals surface area contributed by atoms with E-state index in [1.165, 1.54) is 0 Å². The molecule has 0 aliphatic rings. The Morgan fingerprint density at radius 2 is 2.11 bits per heavy atom. The summed E-state index contributed by atoms with van der Waals surface area (Å²) in [5.41, 5.74) is 0. The van der Waals surface area contributed by atoms with E-state index in [0.29, 0.717) is 0 Å². The van der Waals surface area contributed by atoms with Crippen LogP contribution in [-0.4, -0.2) is 22.2 Å². The Balaban J connectivity index is 3.10. The standard InChI is InChI=1S/C5H8O4/c6-4(7)2-1-3-5(8)9/h1-3H2,(H,6,7)(H,8,9)/i4+2. The molecular weight excluding hydrogens is 126 g/mol. The van der Waals surface area contributed by atoms with E-state index in [2.05, 4.69) is 0 Å². The zero-order valence-corrected chi connectivity index (χ0v) is 4.83. The fourth-order valence-electron chi connectivity index (χ4n) is 0.391. The Hall–Kier alpha value is -1.06. The van der Waals surface area contributed by atoms with Gasteiger partial charge in [0.05, 0.1) is 0 Å². The normalized spacial score (nSPS) is 8.89. The lowest BCUT2D eigenvalue weighted by atomic mass is 10.3. The van der Waals surface area contributed by atoms with E-state index in [-0.39, 0.29) is 19.3 Å². The zero-order valence-electron chi connectivity index (χ0n) is 4.83. The van der Waals surface area contributed by atoms with Crippen molar-refractivity contribution in [1.29, 1.82) is 0 Å². The molecule has 0 aliphatic carbocycles. The Morgan fingerprint density at radius 1 is 1.56 bits per heavy atom. The number of carbonyl (C=O) groups is 2. The van der Waals surface area contributed by atoms with E-state index < -0.39 is 11.9 Å². The van der Waals surface area contributed by atoms with Crippen LogP contribution in [0.25, 0.3) is 0 Å². The first-order valence-electron chi connectivity index (χ1n) is 2.56. The Labute approximate surface area is 52.1 Å². The summed E-state index contributed by atoms with van der Waals surface area (Å²) in [6, 6.07) is 0. The maximum absolute atomic E-state index is 9.79. The molecule has 0 atom stereocenters. The summed E-state index contributed by atoms with van der Waals surface area (Å²) in [7, 11) is 0. The Morgan fingerprint density at radius 3 is 2.44 bits per heavy atom. The van der Waals surface area contributed by atoms with Gasteiger partial charge in [-0.1, -0.05) is 0 Å². The highest BCUT2D eigenvalue weighted by Gasteiger charge is 1.99. The van der Waals surface area contributed by atoms with Gasteiger partial charge in [-0.3, -0.25) is 9.59 Å². The van der Waals surface area contributed by atoms with Gasteiger partial charge in [0.15, 0.2) is 0 Å². The molecule has 0 aromatic rings. The molecule has 52 valence electrons. The molecule has 9 heavy (non-hydrogen) atoms. The topological polar surface area (TPSA) is 74.6 Å². The molecule has 0 saturated heterocycles. The van der Waals surface area contributed by atoms with E-state index in [4.69, 9.17) is 10.2 Å². The Bertz CT molecular complexity index is 104. The maximum atomic E-state index is 9.79. The third-order valence-corrected chi connectivity index (χ3v) is 0.781. The minimum atomic E-state index is -0.948. The lowest BCUT2D eigenvalue weighted by Gasteiger charge is -1.89. The first kappa shape index (κ1) is 7.94. The molecule has 0 spiro atoms. The van der Waals surface area contributed by atoms with E-state index >= 15 is 0 Å². The van der Waals surface area contributed by atoms with Crippen LogP contribution < -0.4 is 0 Å². The molecule has 4 nitrogen and oxygen atoms in total. The average Bonchev–Trinajstić information content (AvgIpc) is 1.63. The van der Waals surface area contributed by atoms with Crippen LogP contribution in [0, 0.1) is 0 Å². The molecule has 0 rings (SSSR count). The van der Waals surface area contributed by atoms with Crippen LogP contribution in [0.4, 0.5) is 0 Å². The van der Waals surface area contributed by atoms with Gasteiger partial charge in [0, 0.05) is 12.8 Å². The van der Waals surface area contributed by atoms with Gasteiger partial charge in [-0.2, -0.15) is 0 Å². The zero-order chi connectivity index (χ0) is 7.28. The predicted octanol–water partition coefficient (Wildman–Crippen LogP) is 0.326. The SMILES string of the molecule is O=C(O)CCC[14C](=O)O. The number of carboxylic acid groups (broad SMARTS) is 2. The van der Waals surface area contributed by atoms with Gasteiger partial charge in [0.2, 0.25) is 0 Å². The molecule has 0 amide bonds. The summed E-state index contributed by atoms with van der Waals surface area (Å²) in [5, 5.41) is 16.1. The summed E-state index contributed by atoms with van der Waals surface area (Å²) >= 11 is 0. The summed E-state index contributed by atoms with van der Waals surface area (Å²) in [4.78, 5) is 19.6. The van der Waals surface area contributed by atoms with Crippen LogP contribution >= 0.6 is 0 Å². The quantitative estimate of drug-likeness (QED) is 0.580. The highest BCUT2D eigenvalue weighted by molar-refractivity contribution is 5.69. The first-order valence-corrected chi connectivity index (χ1v) is 2.56. The second kappa shape index (κ2) is 3.88. The van der Waals surface area contributed by atoms with Crippen molar-refractivity contribution in [2.75, 3.05) is 0 Å². The van der Waals surface area contributed by atoms with Gasteiger partial charge in [0.25, 0.3) is 0 Å². The number of carboxylic acids is 2. The summed E-state index contributed by atoms with van der Waals surface area (Å²) in [6.07, 6.45) is 0.0866. The maximum Gasteiger partial charge on any atom is 0.303 e. The molecule has 4 heteroatoms. The van der Waals surface area contributed by atoms with Crippen molar-refractivity contribution in [1.82, 2.24) is 0 Å². The molecule has 0 unspecified atom stereocenters. The molecule has 0 bridgehead atoms. The highest BCUT2D eigenvalue weighted by atomic mass is 16.6. The highest BCUT2D eigenvalue weighted by Crippen LogP contribution is 1.93. The minimum absolute atomic E-state index is 0.0632. The van der Waals surface area contributed by atoms with E-state index in [0.717, 1.165) is 0 Å². The smallest absolute Gasteiger partial charge is 0.303 e. The van der Waals surface area contributed by atoms with Gasteiger partial charge in [-0.15, -0.1) is 0 Å². The van der Waals surface area contributed by atoms with Crippen LogP contribution in [0.2, 0.25) is 0 Å². The van der Waals surface area contributed by atoms with Crippen LogP contribution in [0.1, 0.15) is 19.3 Å². The van der Waals surface area contributed by atoms with Crippen molar-refractivity contribution in [3.8, 4) is 0 Å². The number of hydrogen-bond donors (Lipinski definition) is 2. The lowest BCUT2D eigenvalue weighted by molar-refractivity contribution is -0.138. The molecule has 0 aromatic carbocycles. The van der Waals surface area contributed by atoms with Crippen LogP contribution in [-0.2, 0) is 9.59 Å². The predicted molar refractivity (Wildman–Crippen MR) is 29.1 cm³/mol. The molecule has 0 aromatic heterocycles. The lowest BCUT2D eigenvalue weighted by Crippen LogP contribution is -1.98. The van der Waals surface area contributed by atoms with Crippen LogP contribution in [0.15, 0.2) is 0 Å². The van der Waals surface area contributed by atoms with Crippen LogP contribution in [0.5, 0.6) is 0 Å². The van der Waals surface area contributed by atoms with Crippen molar-refractivity contribution >= 4 is 11.9 Å². The fourth-order valence-corrected chi connectivity index (χ4v) is 0.391. The molecule has 0 heterocycles. The van der Waals surface area contributed by atoms with Gasteiger partial charge in [-0.25, -0.2) is 0 Å². The number of rotatable bonds is 4. The largest absolute Gasteiger partial charge is 0.481 e. The summed E-state index contributed by atoms with van der Waals surface area (Å²) < 4.78 is 0. The second-order valence-corrected chi connectivity index (χ2v) is 1.64. The van der Waals surface area contributed by atoms with Crippen molar-refractivity contribution < 1.29 is 19.8 Å². The van der Waals surface area contributed by atoms with Gasteiger partial charge in [0.1, 0.15) is 0 Å². The van der Waals surface area contributed by atoms with Gasteiger partial charge in [-0.05, 0) is 6.42 Å². The summed E-state index contributed by atoms with van der Waals surface area (Å²) in [6.45, 7) is 0. The Kier molecular flexibility index (Phi) is 3.43. The molecule has 2 N–H and O–H groups in total. The molecule has 0 radical (unpaired) electrons. The fraction of sp³-hybridized carbons (Fsp3) is 0.600. The van der Waals surface area contributed by atoms with Crippen molar-refractivity contribution in [2.45, 2.75) is 19.3 Å². The van der Waals surface area contributed by atoms with Gasteiger partial charge >= 0.3 is 11.9 Å². The van der Waals surface area contributed by atoms with Crippen molar-refractivity contribution in [3.05, 3.63) is 0 Å². The van der Waals surface area contributed by atoms with Gasteiger partial charge < -0.3 is 10.2 Å². The molecule has 0 saturated carbocycles. The third kappa shape index (κ3) is 6.94. The molecule has 0 aliphatic heterocycles. The van der Waals surface area contributed by atoms with Crippen LogP contribution in [0.3, 0.4) is 0 Å². The second-order valence-electron chi connectivity index (χ2n) is 1.64. The average molecular weight is 134 g/mol. The third-order valence-electron chi connectivity index (χ3n) is 0.781. The van der Waals surface area contributed by atoms with E-state index in [1.54, 1.807) is 0 Å². The monoisotopic (exact) mass is 134 g/mol. The van der Waals surface area contributed by atoms with Crippen molar-refractivity contribution in [2.24, 2.45) is 0 Å². The van der Waals surface area contributed by atoms with Crippen molar-refractivity contribution in [3.63, 3.8) is 0 Å².